The molecule has 2 aromatic rings. The van der Waals surface area contributed by atoms with Gasteiger partial charge in [-0.3, -0.25) is 4.79 Å². The second-order valence-electron chi connectivity index (χ2n) is 12.6. The van der Waals surface area contributed by atoms with Crippen molar-refractivity contribution in [2.45, 2.75) is 92.5 Å². The van der Waals surface area contributed by atoms with Crippen LogP contribution in [0.25, 0.3) is 0 Å². The van der Waals surface area contributed by atoms with Gasteiger partial charge in [0.1, 0.15) is 24.0 Å². The van der Waals surface area contributed by atoms with E-state index in [4.69, 9.17) is 9.47 Å². The second-order valence-corrected chi connectivity index (χ2v) is 12.6. The number of carbonyl (C=O) groups excluding carboxylic acids is 2. The predicted octanol–water partition coefficient (Wildman–Crippen LogP) is 6.87. The van der Waals surface area contributed by atoms with E-state index in [1.807, 2.05) is 82.3 Å². The predicted molar refractivity (Wildman–Crippen MR) is 164 cm³/mol. The highest BCUT2D eigenvalue weighted by Gasteiger charge is 2.30. The average molecular weight is 552 g/mol. The molecule has 0 aliphatic carbocycles. The normalized spacial score (nSPS) is 12.3. The van der Waals surface area contributed by atoms with Gasteiger partial charge in [-0.15, -0.1) is 0 Å². The molecular formula is C33H49N3O4. The number of rotatable bonds is 13. The van der Waals surface area contributed by atoms with Crippen molar-refractivity contribution >= 4 is 17.7 Å². The summed E-state index contributed by atoms with van der Waals surface area (Å²) in [6.45, 7) is 19.4. The third-order valence-corrected chi connectivity index (χ3v) is 5.93. The van der Waals surface area contributed by atoms with Gasteiger partial charge in [0.05, 0.1) is 5.54 Å². The van der Waals surface area contributed by atoms with Crippen molar-refractivity contribution in [1.29, 1.82) is 0 Å². The number of ether oxygens (including phenoxy) is 2. The zero-order chi connectivity index (χ0) is 29.9. The molecule has 0 spiro atoms. The first-order chi connectivity index (χ1) is 18.6. The van der Waals surface area contributed by atoms with Crippen LogP contribution < -0.4 is 20.3 Å². The van der Waals surface area contributed by atoms with E-state index in [1.165, 1.54) is 5.57 Å². The van der Waals surface area contributed by atoms with Gasteiger partial charge in [-0.05, 0) is 90.6 Å². The fourth-order valence-corrected chi connectivity index (χ4v) is 4.14. The first-order valence-electron chi connectivity index (χ1n) is 14.1. The highest BCUT2D eigenvalue weighted by atomic mass is 16.6. The SMILES string of the molecule is CC(C)=CCN(CC(C)(C)NC(=O)[C@H](CC(C)C)NC(=O)OC(C)(C)C)c1ccc(OCc2ccccc2)cc1. The average Bonchev–Trinajstić information content (AvgIpc) is 2.84. The topological polar surface area (TPSA) is 79.9 Å². The van der Waals surface area contributed by atoms with Crippen LogP contribution in [-0.4, -0.2) is 42.3 Å². The Morgan fingerprint density at radius 3 is 2.12 bits per heavy atom. The molecule has 220 valence electrons. The monoisotopic (exact) mass is 551 g/mol. The lowest BCUT2D eigenvalue weighted by atomic mass is 9.99. The fraction of sp³-hybridized carbons (Fsp3) is 0.515. The molecule has 2 amide bonds. The molecule has 0 aliphatic rings. The standard InChI is InChI=1S/C33H49N3O4/c1-24(2)19-20-36(27-15-17-28(18-16-27)39-22-26-13-11-10-12-14-26)23-33(8,9)35-30(37)29(21-25(3)4)34-31(38)40-32(5,6)7/h10-19,25,29H,20-23H2,1-9H3,(H,34,38)(H,35,37)/t29-/m0/s1. The number of amides is 2. The Morgan fingerprint density at radius 2 is 1.57 bits per heavy atom. The quantitative estimate of drug-likeness (QED) is 0.266. The van der Waals surface area contributed by atoms with Gasteiger partial charge in [0, 0.05) is 18.8 Å². The molecule has 2 N–H and O–H groups in total. The Hall–Kier alpha value is -3.48. The van der Waals surface area contributed by atoms with Crippen LogP contribution in [0.15, 0.2) is 66.2 Å². The minimum absolute atomic E-state index is 0.214. The summed E-state index contributed by atoms with van der Waals surface area (Å²) in [6, 6.07) is 17.4. The molecule has 0 saturated carbocycles. The van der Waals surface area contributed by atoms with E-state index in [1.54, 1.807) is 20.8 Å². The lowest BCUT2D eigenvalue weighted by molar-refractivity contribution is -0.125. The number of nitrogens with zero attached hydrogens (tertiary/aromatic N) is 1. The van der Waals surface area contributed by atoms with Crippen molar-refractivity contribution in [1.82, 2.24) is 10.6 Å². The van der Waals surface area contributed by atoms with Crippen LogP contribution in [0.1, 0.15) is 74.3 Å². The van der Waals surface area contributed by atoms with Crippen molar-refractivity contribution in [3.8, 4) is 5.75 Å². The van der Waals surface area contributed by atoms with E-state index in [9.17, 15) is 9.59 Å². The van der Waals surface area contributed by atoms with Crippen molar-refractivity contribution in [2.24, 2.45) is 5.92 Å². The smallest absolute Gasteiger partial charge is 0.408 e. The minimum Gasteiger partial charge on any atom is -0.489 e. The molecule has 0 bridgehead atoms. The Balaban J connectivity index is 2.13. The van der Waals surface area contributed by atoms with E-state index >= 15 is 0 Å². The lowest BCUT2D eigenvalue weighted by Crippen LogP contribution is -2.57. The van der Waals surface area contributed by atoms with Crippen molar-refractivity contribution in [3.63, 3.8) is 0 Å². The Kier molecular flexibility index (Phi) is 12.1. The molecule has 1 atom stereocenters. The number of allylic oxidation sites excluding steroid dienone is 1. The van der Waals surface area contributed by atoms with Crippen molar-refractivity contribution in [3.05, 3.63) is 71.8 Å². The highest BCUT2D eigenvalue weighted by Crippen LogP contribution is 2.23. The summed E-state index contributed by atoms with van der Waals surface area (Å²) in [7, 11) is 0. The van der Waals surface area contributed by atoms with Crippen molar-refractivity contribution < 1.29 is 19.1 Å². The van der Waals surface area contributed by atoms with E-state index in [0.29, 0.717) is 26.1 Å². The summed E-state index contributed by atoms with van der Waals surface area (Å²) < 4.78 is 11.4. The van der Waals surface area contributed by atoms with Crippen LogP contribution >= 0.6 is 0 Å². The number of anilines is 1. The van der Waals surface area contributed by atoms with Gasteiger partial charge in [0.15, 0.2) is 0 Å². The first kappa shape index (κ1) is 32.7. The van der Waals surface area contributed by atoms with Crippen LogP contribution in [0, 0.1) is 5.92 Å². The molecule has 7 nitrogen and oxygen atoms in total. The van der Waals surface area contributed by atoms with Crippen LogP contribution in [0.3, 0.4) is 0 Å². The molecule has 0 aromatic heterocycles. The molecule has 0 fully saturated rings. The summed E-state index contributed by atoms with van der Waals surface area (Å²) in [4.78, 5) is 28.1. The maximum absolute atomic E-state index is 13.4. The van der Waals surface area contributed by atoms with Gasteiger partial charge in [0.2, 0.25) is 5.91 Å². The van der Waals surface area contributed by atoms with Crippen LogP contribution in [-0.2, 0) is 16.1 Å². The second kappa shape index (κ2) is 14.8. The molecule has 7 heteroatoms. The van der Waals surface area contributed by atoms with Gasteiger partial charge in [-0.2, -0.15) is 0 Å². The zero-order valence-electron chi connectivity index (χ0n) is 25.8. The molecule has 0 aliphatic heterocycles. The summed E-state index contributed by atoms with van der Waals surface area (Å²) in [5.41, 5.74) is 2.13. The summed E-state index contributed by atoms with van der Waals surface area (Å²) in [6.07, 6.45) is 2.09. The molecular weight excluding hydrogens is 502 g/mol. The van der Waals surface area contributed by atoms with Gasteiger partial charge in [-0.1, -0.05) is 55.8 Å². The third kappa shape index (κ3) is 12.6. The van der Waals surface area contributed by atoms with Gasteiger partial charge >= 0.3 is 6.09 Å². The Bertz CT molecular complexity index is 1100. The number of nitrogens with one attached hydrogen (secondary N) is 2. The molecule has 2 rings (SSSR count). The number of benzene rings is 2. The molecule has 2 aromatic carbocycles. The highest BCUT2D eigenvalue weighted by molar-refractivity contribution is 5.86. The minimum atomic E-state index is -0.693. The molecule has 0 unspecified atom stereocenters. The maximum Gasteiger partial charge on any atom is 0.408 e. The summed E-state index contributed by atoms with van der Waals surface area (Å²) in [5.74, 6) is 0.786. The van der Waals surface area contributed by atoms with Gasteiger partial charge in [-0.25, -0.2) is 4.79 Å². The number of hydrogen-bond donors (Lipinski definition) is 2. The van der Waals surface area contributed by atoms with Crippen LogP contribution in [0.5, 0.6) is 5.75 Å². The number of alkyl carbamates (subject to hydrolysis) is 1. The molecule has 40 heavy (non-hydrogen) atoms. The molecule has 0 radical (unpaired) electrons. The first-order valence-corrected chi connectivity index (χ1v) is 14.1. The van der Waals surface area contributed by atoms with Gasteiger partial charge in [0.25, 0.3) is 0 Å². The Morgan fingerprint density at radius 1 is 0.950 bits per heavy atom. The van der Waals surface area contributed by atoms with E-state index < -0.39 is 23.3 Å². The van der Waals surface area contributed by atoms with E-state index in [2.05, 4.69) is 35.5 Å². The van der Waals surface area contributed by atoms with Crippen LogP contribution in [0.2, 0.25) is 0 Å². The van der Waals surface area contributed by atoms with Crippen molar-refractivity contribution in [2.75, 3.05) is 18.0 Å². The lowest BCUT2D eigenvalue weighted by Gasteiger charge is -2.36. The molecule has 0 saturated heterocycles. The number of carbonyl (C=O) groups is 2. The fourth-order valence-electron chi connectivity index (χ4n) is 4.14. The van der Waals surface area contributed by atoms with Crippen LogP contribution in [0.4, 0.5) is 10.5 Å². The maximum atomic E-state index is 13.4. The summed E-state index contributed by atoms with van der Waals surface area (Å²) >= 11 is 0. The third-order valence-electron chi connectivity index (χ3n) is 5.93. The van der Waals surface area contributed by atoms with E-state index in [0.717, 1.165) is 17.0 Å². The van der Waals surface area contributed by atoms with E-state index in [-0.39, 0.29) is 11.8 Å². The zero-order valence-corrected chi connectivity index (χ0v) is 25.8. The Labute approximate surface area is 241 Å². The number of hydrogen-bond acceptors (Lipinski definition) is 5. The molecule has 0 heterocycles. The summed E-state index contributed by atoms with van der Waals surface area (Å²) in [5, 5.41) is 5.94. The largest absolute Gasteiger partial charge is 0.489 e. The van der Waals surface area contributed by atoms with Gasteiger partial charge < -0.3 is 25.0 Å².